The Hall–Kier alpha value is -4.33. The summed E-state index contributed by atoms with van der Waals surface area (Å²) in [7, 11) is 0. The topological polar surface area (TPSA) is 97.4 Å². The lowest BCUT2D eigenvalue weighted by molar-refractivity contribution is -0.160. The van der Waals surface area contributed by atoms with Crippen LogP contribution in [-0.2, 0) is 31.9 Å². The van der Waals surface area contributed by atoms with E-state index in [0.717, 1.165) is 23.1 Å². The maximum absolute atomic E-state index is 13.2. The van der Waals surface area contributed by atoms with E-state index in [1.807, 2.05) is 51.1 Å². The first-order valence-corrected chi connectivity index (χ1v) is 15.7. The van der Waals surface area contributed by atoms with Crippen LogP contribution in [0.25, 0.3) is 6.08 Å². The van der Waals surface area contributed by atoms with E-state index in [4.69, 9.17) is 23.7 Å². The van der Waals surface area contributed by atoms with Gasteiger partial charge < -0.3 is 23.7 Å². The zero-order valence-corrected chi connectivity index (χ0v) is 28.9. The van der Waals surface area contributed by atoms with E-state index >= 15 is 0 Å². The van der Waals surface area contributed by atoms with E-state index in [2.05, 4.69) is 0 Å². The molecule has 0 amide bonds. The van der Waals surface area contributed by atoms with Gasteiger partial charge in [0.2, 0.25) is 13.6 Å². The van der Waals surface area contributed by atoms with Gasteiger partial charge in [-0.2, -0.15) is 0 Å². The minimum Gasteiger partial charge on any atom is -0.493 e. The van der Waals surface area contributed by atoms with Gasteiger partial charge in [-0.1, -0.05) is 31.2 Å². The van der Waals surface area contributed by atoms with Crippen LogP contribution in [0.5, 0.6) is 17.2 Å². The quantitative estimate of drug-likeness (QED) is 0.0597. The van der Waals surface area contributed by atoms with Crippen LogP contribution in [0.3, 0.4) is 0 Å². The molecule has 0 aromatic heterocycles. The molecule has 8 heteroatoms. The highest BCUT2D eigenvalue weighted by atomic mass is 16.7. The normalized spacial score (nSPS) is 12.1. The molecule has 0 aliphatic rings. The highest BCUT2D eigenvalue weighted by molar-refractivity contribution is 6.07. The Kier molecular flexibility index (Phi) is 14.8. The van der Waals surface area contributed by atoms with Gasteiger partial charge in [-0.25, -0.2) is 0 Å². The predicted octanol–water partition coefficient (Wildman–Crippen LogP) is 8.46. The third-order valence-corrected chi connectivity index (χ3v) is 6.60. The number of benzene rings is 2. The summed E-state index contributed by atoms with van der Waals surface area (Å²) < 4.78 is 28.5. The number of allylic oxidation sites excluding steroid dienone is 5. The molecule has 0 atom stereocenters. The van der Waals surface area contributed by atoms with E-state index in [9.17, 15) is 14.4 Å². The van der Waals surface area contributed by atoms with Crippen LogP contribution < -0.4 is 14.2 Å². The number of carbonyl (C=O) groups excluding carboxylic acids is 3. The van der Waals surface area contributed by atoms with Gasteiger partial charge in [-0.3, -0.25) is 14.4 Å². The Morgan fingerprint density at radius 1 is 0.739 bits per heavy atom. The van der Waals surface area contributed by atoms with Crippen molar-refractivity contribution >= 4 is 23.8 Å². The first-order chi connectivity index (χ1) is 21.7. The molecule has 8 nitrogen and oxygen atoms in total. The summed E-state index contributed by atoms with van der Waals surface area (Å²) in [6.45, 7) is 16.6. The number of carbonyl (C=O) groups is 3. The Labute approximate surface area is 274 Å². The van der Waals surface area contributed by atoms with Crippen LogP contribution in [0.15, 0.2) is 60.7 Å². The van der Waals surface area contributed by atoms with Crippen LogP contribution in [0.1, 0.15) is 95.8 Å². The molecule has 0 N–H and O–H groups in total. The van der Waals surface area contributed by atoms with Gasteiger partial charge in [0.1, 0.15) is 17.2 Å². The number of rotatable bonds is 16. The third kappa shape index (κ3) is 11.9. The highest BCUT2D eigenvalue weighted by Gasteiger charge is 2.25. The van der Waals surface area contributed by atoms with Gasteiger partial charge in [0.15, 0.2) is 5.78 Å². The number of hydrogen-bond acceptors (Lipinski definition) is 8. The number of ether oxygens (including phenoxy) is 5. The second kappa shape index (κ2) is 18.0. The van der Waals surface area contributed by atoms with Crippen LogP contribution in [0, 0.1) is 10.8 Å². The molecule has 0 aliphatic heterocycles. The summed E-state index contributed by atoms with van der Waals surface area (Å²) in [6, 6.07) is 8.58. The monoisotopic (exact) mass is 634 g/mol. The fourth-order valence-corrected chi connectivity index (χ4v) is 3.99. The average Bonchev–Trinajstić information content (AvgIpc) is 3.00. The molecular formula is C38H50O8. The highest BCUT2D eigenvalue weighted by Crippen LogP contribution is 2.38. The lowest BCUT2D eigenvalue weighted by atomic mass is 9.96. The zero-order valence-electron chi connectivity index (χ0n) is 28.9. The summed E-state index contributed by atoms with van der Waals surface area (Å²) in [4.78, 5) is 37.5. The molecule has 0 radical (unpaired) electrons. The minimum absolute atomic E-state index is 0.202. The second-order valence-corrected chi connectivity index (χ2v) is 12.8. The molecule has 2 aromatic rings. The first kappa shape index (κ1) is 37.9. The Balaban J connectivity index is 2.41. The number of esters is 2. The molecule has 46 heavy (non-hydrogen) atoms. The number of ketones is 1. The van der Waals surface area contributed by atoms with Crippen molar-refractivity contribution in [3.05, 3.63) is 83.0 Å². The van der Waals surface area contributed by atoms with Gasteiger partial charge in [-0.15, -0.1) is 0 Å². The van der Waals surface area contributed by atoms with Crippen molar-refractivity contribution in [3.8, 4) is 17.2 Å². The molecule has 0 saturated heterocycles. The molecule has 0 heterocycles. The Morgan fingerprint density at radius 3 is 1.85 bits per heavy atom. The van der Waals surface area contributed by atoms with E-state index in [-0.39, 0.29) is 31.3 Å². The fraction of sp³-hybridized carbons (Fsp3) is 0.447. The summed E-state index contributed by atoms with van der Waals surface area (Å²) in [5.41, 5.74) is 1.60. The maximum Gasteiger partial charge on any atom is 0.314 e. The van der Waals surface area contributed by atoms with Crippen molar-refractivity contribution in [2.24, 2.45) is 10.8 Å². The molecule has 0 fully saturated rings. The third-order valence-electron chi connectivity index (χ3n) is 6.60. The minimum atomic E-state index is -0.657. The summed E-state index contributed by atoms with van der Waals surface area (Å²) >= 11 is 0. The summed E-state index contributed by atoms with van der Waals surface area (Å²) in [5.74, 6) is 0.755. The van der Waals surface area contributed by atoms with Gasteiger partial charge in [-0.05, 0) is 123 Å². The molecule has 0 spiro atoms. The standard InChI is InChI=1S/C38H50O8/c1-10-13-15-28-24-29(19-22-32(39)27-17-20-30(21-18-27)43-25-45-35(40)37(4,5)6)33(42-23-12-3)31(16-14-11-2)34(28)44-26-46-36(41)38(7,8)9/h10-11,13-14,17-22,24H,12,15-16,23,25-26H2,1-9H3. The van der Waals surface area contributed by atoms with Gasteiger partial charge >= 0.3 is 11.9 Å². The lowest BCUT2D eigenvalue weighted by Crippen LogP contribution is -2.25. The Morgan fingerprint density at radius 2 is 1.30 bits per heavy atom. The molecule has 0 saturated carbocycles. The largest absolute Gasteiger partial charge is 0.493 e. The van der Waals surface area contributed by atoms with E-state index < -0.39 is 10.8 Å². The first-order valence-electron chi connectivity index (χ1n) is 15.7. The molecule has 2 rings (SSSR count). The lowest BCUT2D eigenvalue weighted by Gasteiger charge is -2.22. The molecule has 0 unspecified atom stereocenters. The van der Waals surface area contributed by atoms with Gasteiger partial charge in [0.05, 0.1) is 17.4 Å². The van der Waals surface area contributed by atoms with Crippen LogP contribution in [0.2, 0.25) is 0 Å². The van der Waals surface area contributed by atoms with Gasteiger partial charge in [0, 0.05) is 16.7 Å². The van der Waals surface area contributed by atoms with Crippen molar-refractivity contribution in [3.63, 3.8) is 0 Å². The second-order valence-electron chi connectivity index (χ2n) is 12.8. The molecule has 0 bridgehead atoms. The maximum atomic E-state index is 13.2. The van der Waals surface area contributed by atoms with E-state index in [1.54, 1.807) is 71.9 Å². The molecule has 250 valence electrons. The SMILES string of the molecule is CC=CCc1cc(C=CC(=O)c2ccc(OCOC(=O)C(C)(C)C)cc2)c(OCCC)c(CC=CC)c1OCOC(=O)C(C)(C)C. The average molecular weight is 635 g/mol. The summed E-state index contributed by atoms with van der Waals surface area (Å²) in [5, 5.41) is 0. The molecular weight excluding hydrogens is 584 g/mol. The Bertz CT molecular complexity index is 1400. The predicted molar refractivity (Wildman–Crippen MR) is 181 cm³/mol. The van der Waals surface area contributed by atoms with Crippen molar-refractivity contribution in [2.75, 3.05) is 20.2 Å². The van der Waals surface area contributed by atoms with Crippen molar-refractivity contribution in [2.45, 2.75) is 81.6 Å². The fourth-order valence-electron chi connectivity index (χ4n) is 3.99. The van der Waals surface area contributed by atoms with Crippen molar-refractivity contribution in [1.29, 1.82) is 0 Å². The van der Waals surface area contributed by atoms with E-state index in [1.165, 1.54) is 6.08 Å². The molecule has 2 aromatic carbocycles. The van der Waals surface area contributed by atoms with Crippen molar-refractivity contribution < 1.29 is 38.1 Å². The van der Waals surface area contributed by atoms with Crippen LogP contribution >= 0.6 is 0 Å². The molecule has 0 aliphatic carbocycles. The zero-order chi connectivity index (χ0) is 34.3. The van der Waals surface area contributed by atoms with Crippen LogP contribution in [-0.4, -0.2) is 37.9 Å². The number of hydrogen-bond donors (Lipinski definition) is 0. The van der Waals surface area contributed by atoms with Crippen LogP contribution in [0.4, 0.5) is 0 Å². The van der Waals surface area contributed by atoms with Gasteiger partial charge in [0.25, 0.3) is 0 Å². The van der Waals surface area contributed by atoms with Crippen molar-refractivity contribution in [1.82, 2.24) is 0 Å². The van der Waals surface area contributed by atoms with E-state index in [0.29, 0.717) is 42.3 Å². The summed E-state index contributed by atoms with van der Waals surface area (Å²) in [6.07, 6.45) is 13.1. The smallest absolute Gasteiger partial charge is 0.314 e.